The highest BCUT2D eigenvalue weighted by molar-refractivity contribution is 5.30. The van der Waals surface area contributed by atoms with E-state index in [1.54, 1.807) is 7.11 Å². The van der Waals surface area contributed by atoms with E-state index in [9.17, 15) is 0 Å². The number of nitrogens with one attached hydrogen (secondary N) is 1. The molecule has 0 aromatic heterocycles. The first-order valence-electron chi connectivity index (χ1n) is 7.55. The van der Waals surface area contributed by atoms with Gasteiger partial charge in [-0.05, 0) is 49.3 Å². The van der Waals surface area contributed by atoms with Crippen LogP contribution in [0.4, 0.5) is 0 Å². The van der Waals surface area contributed by atoms with Crippen LogP contribution >= 0.6 is 0 Å². The first-order valence-corrected chi connectivity index (χ1v) is 7.55. The molecule has 0 saturated heterocycles. The standard InChI is InChI=1S/C17H27NO/c1-5-14-9-10-17(12(14)2)18-13(3)15-7-6-8-16(11-15)19-4/h6-8,11-14,17-18H,5,9-10H2,1-4H3. The van der Waals surface area contributed by atoms with Gasteiger partial charge >= 0.3 is 0 Å². The van der Waals surface area contributed by atoms with Gasteiger partial charge in [0, 0.05) is 12.1 Å². The maximum Gasteiger partial charge on any atom is 0.119 e. The van der Waals surface area contributed by atoms with Crippen molar-refractivity contribution in [3.05, 3.63) is 29.8 Å². The molecule has 106 valence electrons. The minimum atomic E-state index is 0.387. The predicted molar refractivity (Wildman–Crippen MR) is 80.5 cm³/mol. The van der Waals surface area contributed by atoms with Crippen LogP contribution in [0.5, 0.6) is 5.75 Å². The Kier molecular flexibility index (Phi) is 4.87. The van der Waals surface area contributed by atoms with E-state index in [0.29, 0.717) is 12.1 Å². The van der Waals surface area contributed by atoms with Crippen LogP contribution in [0.25, 0.3) is 0 Å². The number of benzene rings is 1. The fraction of sp³-hybridized carbons (Fsp3) is 0.647. The van der Waals surface area contributed by atoms with Crippen LogP contribution < -0.4 is 10.1 Å². The summed E-state index contributed by atoms with van der Waals surface area (Å²) in [5.41, 5.74) is 1.31. The lowest BCUT2D eigenvalue weighted by molar-refractivity contribution is 0.327. The minimum absolute atomic E-state index is 0.387. The van der Waals surface area contributed by atoms with E-state index in [4.69, 9.17) is 4.74 Å². The van der Waals surface area contributed by atoms with Crippen molar-refractivity contribution in [1.82, 2.24) is 5.32 Å². The van der Waals surface area contributed by atoms with Crippen molar-refractivity contribution in [2.75, 3.05) is 7.11 Å². The van der Waals surface area contributed by atoms with Gasteiger partial charge in [-0.2, -0.15) is 0 Å². The molecule has 1 aromatic carbocycles. The molecule has 1 fully saturated rings. The molecule has 0 heterocycles. The normalized spacial score (nSPS) is 28.3. The van der Waals surface area contributed by atoms with E-state index in [1.165, 1.54) is 24.8 Å². The molecular formula is C17H27NO. The third kappa shape index (κ3) is 3.30. The first kappa shape index (κ1) is 14.4. The topological polar surface area (TPSA) is 21.3 Å². The zero-order chi connectivity index (χ0) is 13.8. The molecule has 0 spiro atoms. The second-order valence-corrected chi connectivity index (χ2v) is 5.88. The molecule has 4 unspecified atom stereocenters. The Bertz CT molecular complexity index is 404. The lowest BCUT2D eigenvalue weighted by Gasteiger charge is -2.25. The molecule has 4 atom stereocenters. The van der Waals surface area contributed by atoms with E-state index < -0.39 is 0 Å². The molecule has 0 radical (unpaired) electrons. The Balaban J connectivity index is 1.99. The highest BCUT2D eigenvalue weighted by atomic mass is 16.5. The van der Waals surface area contributed by atoms with E-state index in [1.807, 2.05) is 6.07 Å². The van der Waals surface area contributed by atoms with Crippen LogP contribution in [0.15, 0.2) is 24.3 Å². The van der Waals surface area contributed by atoms with Crippen LogP contribution in [-0.2, 0) is 0 Å². The zero-order valence-corrected chi connectivity index (χ0v) is 12.6. The van der Waals surface area contributed by atoms with Gasteiger partial charge < -0.3 is 10.1 Å². The summed E-state index contributed by atoms with van der Waals surface area (Å²) in [4.78, 5) is 0. The van der Waals surface area contributed by atoms with Crippen molar-refractivity contribution in [3.8, 4) is 5.75 Å². The van der Waals surface area contributed by atoms with Crippen molar-refractivity contribution in [2.45, 2.75) is 52.1 Å². The smallest absolute Gasteiger partial charge is 0.119 e. The van der Waals surface area contributed by atoms with Gasteiger partial charge in [-0.3, -0.25) is 0 Å². The SMILES string of the molecule is CCC1CCC(NC(C)c2cccc(OC)c2)C1C. The minimum Gasteiger partial charge on any atom is -0.497 e. The lowest BCUT2D eigenvalue weighted by atomic mass is 9.93. The van der Waals surface area contributed by atoms with Gasteiger partial charge in [0.25, 0.3) is 0 Å². The zero-order valence-electron chi connectivity index (χ0n) is 12.6. The average Bonchev–Trinajstić information content (AvgIpc) is 2.79. The third-order valence-electron chi connectivity index (χ3n) is 4.81. The largest absolute Gasteiger partial charge is 0.497 e. The Labute approximate surface area is 117 Å². The second kappa shape index (κ2) is 6.42. The molecule has 1 aliphatic carbocycles. The number of ether oxygens (including phenoxy) is 1. The van der Waals surface area contributed by atoms with Crippen LogP contribution in [0.3, 0.4) is 0 Å². The molecule has 1 aliphatic rings. The quantitative estimate of drug-likeness (QED) is 0.859. The van der Waals surface area contributed by atoms with Crippen molar-refractivity contribution in [1.29, 1.82) is 0 Å². The van der Waals surface area contributed by atoms with E-state index in [-0.39, 0.29) is 0 Å². The highest BCUT2D eigenvalue weighted by Crippen LogP contribution is 2.35. The Morgan fingerprint density at radius 3 is 2.79 bits per heavy atom. The summed E-state index contributed by atoms with van der Waals surface area (Å²) >= 11 is 0. The summed E-state index contributed by atoms with van der Waals surface area (Å²) in [6.07, 6.45) is 4.00. The molecule has 1 aromatic rings. The number of hydrogen-bond donors (Lipinski definition) is 1. The average molecular weight is 261 g/mol. The summed E-state index contributed by atoms with van der Waals surface area (Å²) < 4.78 is 5.30. The maximum atomic E-state index is 5.30. The molecule has 2 nitrogen and oxygen atoms in total. The molecular weight excluding hydrogens is 234 g/mol. The summed E-state index contributed by atoms with van der Waals surface area (Å²) in [6, 6.07) is 9.43. The summed E-state index contributed by atoms with van der Waals surface area (Å²) in [5.74, 6) is 2.63. The Morgan fingerprint density at radius 2 is 2.16 bits per heavy atom. The van der Waals surface area contributed by atoms with Crippen LogP contribution in [-0.4, -0.2) is 13.2 Å². The van der Waals surface area contributed by atoms with Crippen molar-refractivity contribution >= 4 is 0 Å². The fourth-order valence-corrected chi connectivity index (χ4v) is 3.39. The third-order valence-corrected chi connectivity index (χ3v) is 4.81. The fourth-order valence-electron chi connectivity index (χ4n) is 3.39. The monoisotopic (exact) mass is 261 g/mol. The van der Waals surface area contributed by atoms with Crippen LogP contribution in [0.2, 0.25) is 0 Å². The van der Waals surface area contributed by atoms with Gasteiger partial charge in [0.15, 0.2) is 0 Å². The number of methoxy groups -OCH3 is 1. The van der Waals surface area contributed by atoms with E-state index in [2.05, 4.69) is 44.3 Å². The molecule has 0 aliphatic heterocycles. The van der Waals surface area contributed by atoms with Gasteiger partial charge in [0.05, 0.1) is 7.11 Å². The first-order chi connectivity index (χ1) is 9.15. The Morgan fingerprint density at radius 1 is 1.37 bits per heavy atom. The van der Waals surface area contributed by atoms with Gasteiger partial charge in [-0.25, -0.2) is 0 Å². The Hall–Kier alpha value is -1.02. The molecule has 2 heteroatoms. The predicted octanol–water partition coefficient (Wildman–Crippen LogP) is 4.17. The summed E-state index contributed by atoms with van der Waals surface area (Å²) in [5, 5.41) is 3.80. The number of hydrogen-bond acceptors (Lipinski definition) is 2. The molecule has 1 saturated carbocycles. The van der Waals surface area contributed by atoms with Crippen LogP contribution in [0, 0.1) is 11.8 Å². The lowest BCUT2D eigenvalue weighted by Crippen LogP contribution is -2.34. The van der Waals surface area contributed by atoms with Crippen molar-refractivity contribution < 1.29 is 4.74 Å². The highest BCUT2D eigenvalue weighted by Gasteiger charge is 2.32. The molecule has 0 amide bonds. The number of rotatable bonds is 5. The molecule has 1 N–H and O–H groups in total. The maximum absolute atomic E-state index is 5.30. The summed E-state index contributed by atoms with van der Waals surface area (Å²) in [7, 11) is 1.72. The van der Waals surface area contributed by atoms with E-state index >= 15 is 0 Å². The van der Waals surface area contributed by atoms with Gasteiger partial charge in [0.2, 0.25) is 0 Å². The molecule has 19 heavy (non-hydrogen) atoms. The van der Waals surface area contributed by atoms with Gasteiger partial charge in [-0.15, -0.1) is 0 Å². The molecule has 0 bridgehead atoms. The van der Waals surface area contributed by atoms with Crippen molar-refractivity contribution in [3.63, 3.8) is 0 Å². The van der Waals surface area contributed by atoms with Gasteiger partial charge in [0.1, 0.15) is 5.75 Å². The summed E-state index contributed by atoms with van der Waals surface area (Å²) in [6.45, 7) is 6.97. The van der Waals surface area contributed by atoms with E-state index in [0.717, 1.165) is 17.6 Å². The van der Waals surface area contributed by atoms with Gasteiger partial charge in [-0.1, -0.05) is 32.4 Å². The molecule has 2 rings (SSSR count). The van der Waals surface area contributed by atoms with Crippen LogP contribution in [0.1, 0.15) is 51.6 Å². The second-order valence-electron chi connectivity index (χ2n) is 5.88. The van der Waals surface area contributed by atoms with Crippen molar-refractivity contribution in [2.24, 2.45) is 11.8 Å².